The number of H-pyrrole nitrogens is 1. The Balaban J connectivity index is 1.18. The summed E-state index contributed by atoms with van der Waals surface area (Å²) >= 11 is 6.19. The highest BCUT2D eigenvalue weighted by molar-refractivity contribution is 6.31. The molecule has 0 radical (unpaired) electrons. The van der Waals surface area contributed by atoms with E-state index in [9.17, 15) is 4.79 Å². The lowest BCUT2D eigenvalue weighted by atomic mass is 10.1. The molecule has 4 rings (SSSR count). The van der Waals surface area contributed by atoms with Gasteiger partial charge in [0, 0.05) is 73.5 Å². The molecule has 1 N–H and O–H groups in total. The van der Waals surface area contributed by atoms with Crippen molar-refractivity contribution in [3.05, 3.63) is 65.3 Å². The van der Waals surface area contributed by atoms with Crippen molar-refractivity contribution in [3.8, 4) is 0 Å². The largest absolute Gasteiger partial charge is 0.361 e. The van der Waals surface area contributed by atoms with E-state index in [0.717, 1.165) is 81.3 Å². The number of nitrogens with one attached hydrogen (secondary N) is 1. The third kappa shape index (κ3) is 7.58. The topological polar surface area (TPSA) is 42.6 Å². The number of halogens is 1. The van der Waals surface area contributed by atoms with Gasteiger partial charge in [0.05, 0.1) is 0 Å². The van der Waals surface area contributed by atoms with E-state index in [2.05, 4.69) is 52.2 Å². The Morgan fingerprint density at radius 3 is 2.44 bits per heavy atom. The van der Waals surface area contributed by atoms with Crippen LogP contribution >= 0.6 is 11.6 Å². The molecule has 6 heteroatoms. The third-order valence-corrected chi connectivity index (χ3v) is 7.60. The number of fused-ring (bicyclic) bond motifs is 1. The number of unbranched alkanes of at least 4 members (excludes halogenated alkanes) is 3. The molecule has 0 bridgehead atoms. The molecule has 0 saturated carbocycles. The molecule has 0 aliphatic carbocycles. The van der Waals surface area contributed by atoms with Gasteiger partial charge in [0.2, 0.25) is 5.91 Å². The van der Waals surface area contributed by atoms with E-state index in [1.807, 2.05) is 29.2 Å². The van der Waals surface area contributed by atoms with Crippen LogP contribution in [0.5, 0.6) is 0 Å². The summed E-state index contributed by atoms with van der Waals surface area (Å²) in [6.07, 6.45) is 9.61. The minimum Gasteiger partial charge on any atom is -0.361 e. The molecule has 1 aliphatic rings. The number of carbonyl (C=O) groups is 1. The summed E-state index contributed by atoms with van der Waals surface area (Å²) in [6, 6.07) is 16.2. The van der Waals surface area contributed by atoms with Crippen LogP contribution in [0.1, 0.15) is 51.0 Å². The second-order valence-electron chi connectivity index (χ2n) is 9.98. The Hall–Kier alpha value is -2.34. The summed E-state index contributed by atoms with van der Waals surface area (Å²) in [7, 11) is 0. The van der Waals surface area contributed by atoms with Crippen LogP contribution in [0.4, 0.5) is 5.69 Å². The number of anilines is 1. The van der Waals surface area contributed by atoms with Gasteiger partial charge in [-0.15, -0.1) is 0 Å². The van der Waals surface area contributed by atoms with Crippen molar-refractivity contribution in [1.29, 1.82) is 0 Å². The molecular formula is C30H41ClN4O. The van der Waals surface area contributed by atoms with Crippen LogP contribution in [0.2, 0.25) is 5.02 Å². The van der Waals surface area contributed by atoms with Gasteiger partial charge in [0.15, 0.2) is 0 Å². The SMILES string of the molecule is CCCCCCN(C(=O)CCN1CCN(CCCc2c[nH]c3ccc(Cl)cc23)CC1)c1ccccc1. The Bertz CT molecular complexity index is 1080. The van der Waals surface area contributed by atoms with E-state index in [1.54, 1.807) is 0 Å². The molecular weight excluding hydrogens is 468 g/mol. The minimum absolute atomic E-state index is 0.249. The lowest BCUT2D eigenvalue weighted by Gasteiger charge is -2.35. The number of hydrogen-bond donors (Lipinski definition) is 1. The van der Waals surface area contributed by atoms with Gasteiger partial charge in [-0.25, -0.2) is 0 Å². The fourth-order valence-electron chi connectivity index (χ4n) is 5.18. The van der Waals surface area contributed by atoms with Gasteiger partial charge in [-0.3, -0.25) is 4.79 Å². The minimum atomic E-state index is 0.249. The first kappa shape index (κ1) is 26.7. The van der Waals surface area contributed by atoms with Gasteiger partial charge in [-0.05, 0) is 61.7 Å². The van der Waals surface area contributed by atoms with E-state index in [-0.39, 0.29) is 5.91 Å². The van der Waals surface area contributed by atoms with Gasteiger partial charge in [-0.2, -0.15) is 0 Å². The van der Waals surface area contributed by atoms with Gasteiger partial charge in [-0.1, -0.05) is 56.0 Å². The van der Waals surface area contributed by atoms with Crippen molar-refractivity contribution in [1.82, 2.24) is 14.8 Å². The van der Waals surface area contributed by atoms with Gasteiger partial charge < -0.3 is 19.7 Å². The maximum atomic E-state index is 13.2. The molecule has 0 unspecified atom stereocenters. The van der Waals surface area contributed by atoms with Crippen LogP contribution in [0, 0.1) is 0 Å². The monoisotopic (exact) mass is 508 g/mol. The molecule has 1 saturated heterocycles. The first-order valence-corrected chi connectivity index (χ1v) is 14.1. The first-order chi connectivity index (χ1) is 17.6. The van der Waals surface area contributed by atoms with Crippen molar-refractivity contribution < 1.29 is 4.79 Å². The molecule has 36 heavy (non-hydrogen) atoms. The van der Waals surface area contributed by atoms with E-state index < -0.39 is 0 Å². The zero-order valence-corrected chi connectivity index (χ0v) is 22.5. The maximum Gasteiger partial charge on any atom is 0.228 e. The van der Waals surface area contributed by atoms with Crippen molar-refractivity contribution in [2.45, 2.75) is 51.9 Å². The predicted molar refractivity (Wildman–Crippen MR) is 152 cm³/mol. The smallest absolute Gasteiger partial charge is 0.228 e. The molecule has 2 aromatic carbocycles. The Kier molecular flexibility index (Phi) is 10.3. The Morgan fingerprint density at radius 2 is 1.69 bits per heavy atom. The molecule has 1 aliphatic heterocycles. The summed E-state index contributed by atoms with van der Waals surface area (Å²) in [5.74, 6) is 0.249. The Morgan fingerprint density at radius 1 is 0.944 bits per heavy atom. The average molecular weight is 509 g/mol. The fraction of sp³-hybridized carbons (Fsp3) is 0.500. The van der Waals surface area contributed by atoms with Crippen LogP contribution < -0.4 is 4.90 Å². The van der Waals surface area contributed by atoms with Crippen molar-refractivity contribution in [2.75, 3.05) is 50.7 Å². The third-order valence-electron chi connectivity index (χ3n) is 7.36. The normalized spacial score (nSPS) is 14.9. The molecule has 2 heterocycles. The molecule has 5 nitrogen and oxygen atoms in total. The molecule has 0 atom stereocenters. The summed E-state index contributed by atoms with van der Waals surface area (Å²) in [6.45, 7) is 9.23. The number of para-hydroxylation sites is 1. The number of carbonyl (C=O) groups excluding carboxylic acids is 1. The second kappa shape index (κ2) is 13.8. The second-order valence-corrected chi connectivity index (χ2v) is 10.4. The molecule has 1 aromatic heterocycles. The number of amides is 1. The number of rotatable bonds is 13. The number of piperazine rings is 1. The highest BCUT2D eigenvalue weighted by Gasteiger charge is 2.20. The standard InChI is InChI=1S/C30H41ClN4O/c1-2-3-4-8-17-35(27-11-6-5-7-12-27)30(36)15-18-34-21-19-33(20-22-34)16-9-10-25-24-32-29-14-13-26(31)23-28(25)29/h5-7,11-14,23-24,32H,2-4,8-10,15-22H2,1H3. The number of nitrogens with zero attached hydrogens (tertiary/aromatic N) is 3. The average Bonchev–Trinajstić information content (AvgIpc) is 3.30. The van der Waals surface area contributed by atoms with Gasteiger partial charge in [0.25, 0.3) is 0 Å². The zero-order valence-electron chi connectivity index (χ0n) is 21.7. The maximum absolute atomic E-state index is 13.2. The highest BCUT2D eigenvalue weighted by atomic mass is 35.5. The molecule has 1 fully saturated rings. The van der Waals surface area contributed by atoms with E-state index in [1.165, 1.54) is 30.2 Å². The predicted octanol–water partition coefficient (Wildman–Crippen LogP) is 6.38. The van der Waals surface area contributed by atoms with Crippen LogP contribution in [0.3, 0.4) is 0 Å². The van der Waals surface area contributed by atoms with Crippen molar-refractivity contribution in [2.24, 2.45) is 0 Å². The number of benzene rings is 2. The molecule has 194 valence electrons. The number of hydrogen-bond acceptors (Lipinski definition) is 3. The lowest BCUT2D eigenvalue weighted by Crippen LogP contribution is -2.47. The summed E-state index contributed by atoms with van der Waals surface area (Å²) in [5, 5.41) is 2.04. The van der Waals surface area contributed by atoms with Crippen LogP contribution in [-0.2, 0) is 11.2 Å². The zero-order chi connectivity index (χ0) is 25.2. The van der Waals surface area contributed by atoms with E-state index in [0.29, 0.717) is 6.42 Å². The van der Waals surface area contributed by atoms with Crippen molar-refractivity contribution in [3.63, 3.8) is 0 Å². The number of aromatic amines is 1. The van der Waals surface area contributed by atoms with Crippen LogP contribution in [0.15, 0.2) is 54.7 Å². The van der Waals surface area contributed by atoms with Gasteiger partial charge >= 0.3 is 0 Å². The quantitative estimate of drug-likeness (QED) is 0.272. The van der Waals surface area contributed by atoms with Crippen LogP contribution in [-0.4, -0.2) is 66.5 Å². The van der Waals surface area contributed by atoms with Crippen molar-refractivity contribution >= 4 is 34.1 Å². The highest BCUT2D eigenvalue weighted by Crippen LogP contribution is 2.23. The Labute approximate surface area is 221 Å². The van der Waals surface area contributed by atoms with E-state index >= 15 is 0 Å². The van der Waals surface area contributed by atoms with Crippen LogP contribution in [0.25, 0.3) is 10.9 Å². The first-order valence-electron chi connectivity index (χ1n) is 13.7. The molecule has 1 amide bonds. The summed E-state index contributed by atoms with van der Waals surface area (Å²) in [5.41, 5.74) is 3.54. The summed E-state index contributed by atoms with van der Waals surface area (Å²) < 4.78 is 0. The van der Waals surface area contributed by atoms with Gasteiger partial charge in [0.1, 0.15) is 0 Å². The molecule has 3 aromatic rings. The lowest BCUT2D eigenvalue weighted by molar-refractivity contribution is -0.119. The van der Waals surface area contributed by atoms with E-state index in [4.69, 9.17) is 11.6 Å². The fourth-order valence-corrected chi connectivity index (χ4v) is 5.35. The molecule has 0 spiro atoms. The number of aryl methyl sites for hydroxylation is 1. The number of aromatic nitrogens is 1. The summed E-state index contributed by atoms with van der Waals surface area (Å²) in [4.78, 5) is 23.5.